The Morgan fingerprint density at radius 1 is 1.12 bits per heavy atom. The first-order valence-corrected chi connectivity index (χ1v) is 4.97. The molecule has 4 heteroatoms. The van der Waals surface area contributed by atoms with Crippen LogP contribution in [0.15, 0.2) is 30.3 Å². The highest BCUT2D eigenvalue weighted by Gasteiger charge is 2.08. The lowest BCUT2D eigenvalue weighted by Crippen LogP contribution is -1.95. The molecule has 78 valence electrons. The third kappa shape index (κ3) is 1.13. The van der Waals surface area contributed by atoms with Gasteiger partial charge in [-0.1, -0.05) is 12.1 Å². The monoisotopic (exact) mass is 211 g/mol. The minimum absolute atomic E-state index is 0.588. The molecule has 0 spiro atoms. The van der Waals surface area contributed by atoms with Crippen LogP contribution in [-0.2, 0) is 7.05 Å². The number of nitrogens with zero attached hydrogens (tertiary/aromatic N) is 3. The van der Waals surface area contributed by atoms with Crippen molar-refractivity contribution in [3.8, 4) is 0 Å². The van der Waals surface area contributed by atoms with Crippen LogP contribution >= 0.6 is 0 Å². The van der Waals surface area contributed by atoms with E-state index in [9.17, 15) is 4.79 Å². The summed E-state index contributed by atoms with van der Waals surface area (Å²) in [5.74, 6) is 0. The quantitative estimate of drug-likeness (QED) is 0.578. The van der Waals surface area contributed by atoms with Crippen LogP contribution in [0.5, 0.6) is 0 Å². The summed E-state index contributed by atoms with van der Waals surface area (Å²) in [5.41, 5.74) is 3.76. The van der Waals surface area contributed by atoms with E-state index in [0.29, 0.717) is 5.69 Å². The molecule has 0 amide bonds. The van der Waals surface area contributed by atoms with Crippen molar-refractivity contribution < 1.29 is 4.79 Å². The number of benzene rings is 1. The fourth-order valence-corrected chi connectivity index (χ4v) is 1.82. The van der Waals surface area contributed by atoms with Gasteiger partial charge in [-0.05, 0) is 18.2 Å². The average Bonchev–Trinajstić information content (AvgIpc) is 2.63. The van der Waals surface area contributed by atoms with Crippen LogP contribution in [0.2, 0.25) is 0 Å². The number of aromatic nitrogens is 3. The molecule has 1 aromatic carbocycles. The molecule has 0 saturated heterocycles. The molecule has 4 nitrogen and oxygen atoms in total. The van der Waals surface area contributed by atoms with Gasteiger partial charge in [-0.2, -0.15) is 0 Å². The van der Waals surface area contributed by atoms with Crippen LogP contribution in [0, 0.1) is 0 Å². The van der Waals surface area contributed by atoms with Crippen molar-refractivity contribution >= 4 is 28.5 Å². The molecular formula is C12H9N3O. The zero-order valence-electron chi connectivity index (χ0n) is 8.71. The van der Waals surface area contributed by atoms with Crippen LogP contribution in [0.4, 0.5) is 0 Å². The summed E-state index contributed by atoms with van der Waals surface area (Å²) in [7, 11) is 1.82. The van der Waals surface area contributed by atoms with Crippen LogP contribution in [0.25, 0.3) is 22.2 Å². The van der Waals surface area contributed by atoms with E-state index in [1.165, 1.54) is 0 Å². The van der Waals surface area contributed by atoms with Gasteiger partial charge in [0, 0.05) is 7.05 Å². The number of hydrogen-bond donors (Lipinski definition) is 0. The maximum atomic E-state index is 10.8. The standard InChI is InChI=1S/C12H9N3O/c1-15-8(7-16)6-11-12(15)14-10-5-3-2-4-9(10)13-11/h2-7H,1H3. The Balaban J connectivity index is 2.49. The van der Waals surface area contributed by atoms with Crippen LogP contribution < -0.4 is 0 Å². The van der Waals surface area contributed by atoms with Crippen LogP contribution in [0.1, 0.15) is 10.5 Å². The van der Waals surface area contributed by atoms with Crippen molar-refractivity contribution in [2.45, 2.75) is 0 Å². The van der Waals surface area contributed by atoms with Gasteiger partial charge >= 0.3 is 0 Å². The highest BCUT2D eigenvalue weighted by atomic mass is 16.1. The van der Waals surface area contributed by atoms with Crippen molar-refractivity contribution in [3.05, 3.63) is 36.0 Å². The van der Waals surface area contributed by atoms with Crippen molar-refractivity contribution in [3.63, 3.8) is 0 Å². The van der Waals surface area contributed by atoms with Gasteiger partial charge in [0.2, 0.25) is 0 Å². The maximum absolute atomic E-state index is 10.8. The van der Waals surface area contributed by atoms with E-state index < -0.39 is 0 Å². The van der Waals surface area contributed by atoms with E-state index in [0.717, 1.165) is 28.5 Å². The Bertz CT molecular complexity index is 700. The van der Waals surface area contributed by atoms with Crippen molar-refractivity contribution in [2.24, 2.45) is 7.05 Å². The number of carbonyl (C=O) groups excluding carboxylic acids is 1. The molecule has 2 aromatic heterocycles. The smallest absolute Gasteiger partial charge is 0.166 e. The van der Waals surface area contributed by atoms with Gasteiger partial charge < -0.3 is 4.57 Å². The molecule has 3 aromatic rings. The number of carbonyl (C=O) groups is 1. The largest absolute Gasteiger partial charge is 0.325 e. The fraction of sp³-hybridized carbons (Fsp3) is 0.0833. The fourth-order valence-electron chi connectivity index (χ4n) is 1.82. The van der Waals surface area contributed by atoms with Gasteiger partial charge in [0.1, 0.15) is 5.52 Å². The molecule has 0 bridgehead atoms. The lowest BCUT2D eigenvalue weighted by molar-refractivity contribution is 0.111. The van der Waals surface area contributed by atoms with E-state index in [1.54, 1.807) is 10.6 Å². The number of rotatable bonds is 1. The molecule has 0 unspecified atom stereocenters. The summed E-state index contributed by atoms with van der Waals surface area (Å²) >= 11 is 0. The number of fused-ring (bicyclic) bond motifs is 2. The highest BCUT2D eigenvalue weighted by molar-refractivity contribution is 5.89. The summed E-state index contributed by atoms with van der Waals surface area (Å²) in [6, 6.07) is 9.42. The van der Waals surface area contributed by atoms with Crippen LogP contribution in [0.3, 0.4) is 0 Å². The summed E-state index contributed by atoms with van der Waals surface area (Å²) in [6.07, 6.45) is 0.814. The summed E-state index contributed by atoms with van der Waals surface area (Å²) in [5, 5.41) is 0. The molecule has 0 aliphatic rings. The van der Waals surface area contributed by atoms with Crippen molar-refractivity contribution in [1.29, 1.82) is 0 Å². The third-order valence-electron chi connectivity index (χ3n) is 2.69. The number of hydrogen-bond acceptors (Lipinski definition) is 3. The Hall–Kier alpha value is -2.23. The summed E-state index contributed by atoms with van der Waals surface area (Å²) in [4.78, 5) is 19.8. The number of aryl methyl sites for hydroxylation is 1. The molecule has 16 heavy (non-hydrogen) atoms. The van der Waals surface area contributed by atoms with E-state index >= 15 is 0 Å². The number of para-hydroxylation sites is 2. The normalized spacial score (nSPS) is 11.1. The summed E-state index contributed by atoms with van der Waals surface area (Å²) < 4.78 is 1.75. The van der Waals surface area contributed by atoms with E-state index in [4.69, 9.17) is 0 Å². The molecule has 0 aliphatic carbocycles. The second-order valence-corrected chi connectivity index (χ2v) is 3.67. The molecule has 0 atom stereocenters. The van der Waals surface area contributed by atoms with Gasteiger partial charge in [-0.25, -0.2) is 9.97 Å². The van der Waals surface area contributed by atoms with Gasteiger partial charge in [0.05, 0.1) is 16.7 Å². The van der Waals surface area contributed by atoms with Gasteiger partial charge in [-0.15, -0.1) is 0 Å². The number of aldehydes is 1. The predicted molar refractivity (Wildman–Crippen MR) is 61.4 cm³/mol. The molecule has 2 heterocycles. The third-order valence-corrected chi connectivity index (χ3v) is 2.69. The predicted octanol–water partition coefficient (Wildman–Crippen LogP) is 1.93. The van der Waals surface area contributed by atoms with E-state index in [2.05, 4.69) is 9.97 Å². The van der Waals surface area contributed by atoms with Crippen molar-refractivity contribution in [2.75, 3.05) is 0 Å². The van der Waals surface area contributed by atoms with Gasteiger partial charge in [0.15, 0.2) is 11.9 Å². The zero-order valence-corrected chi connectivity index (χ0v) is 8.71. The maximum Gasteiger partial charge on any atom is 0.166 e. The molecule has 0 aliphatic heterocycles. The molecule has 0 N–H and O–H groups in total. The second-order valence-electron chi connectivity index (χ2n) is 3.67. The Morgan fingerprint density at radius 3 is 2.50 bits per heavy atom. The lowest BCUT2D eigenvalue weighted by Gasteiger charge is -1.99. The first-order valence-electron chi connectivity index (χ1n) is 4.97. The highest BCUT2D eigenvalue weighted by Crippen LogP contribution is 2.17. The molecule has 0 fully saturated rings. The molecular weight excluding hydrogens is 202 g/mol. The molecule has 3 rings (SSSR count). The van der Waals surface area contributed by atoms with E-state index in [1.807, 2.05) is 31.3 Å². The minimum atomic E-state index is 0.588. The molecule has 0 saturated carbocycles. The first kappa shape index (κ1) is 9.03. The second kappa shape index (κ2) is 3.13. The van der Waals surface area contributed by atoms with Crippen molar-refractivity contribution in [1.82, 2.24) is 14.5 Å². The lowest BCUT2D eigenvalue weighted by atomic mass is 10.3. The van der Waals surface area contributed by atoms with Crippen LogP contribution in [-0.4, -0.2) is 20.8 Å². The Labute approximate surface area is 91.5 Å². The minimum Gasteiger partial charge on any atom is -0.325 e. The first-order chi connectivity index (χ1) is 7.79. The average molecular weight is 211 g/mol. The molecule has 0 radical (unpaired) electrons. The topological polar surface area (TPSA) is 47.8 Å². The van der Waals surface area contributed by atoms with Gasteiger partial charge in [-0.3, -0.25) is 4.79 Å². The Morgan fingerprint density at radius 2 is 1.81 bits per heavy atom. The SMILES string of the molecule is Cn1c(C=O)cc2nc3ccccc3nc21. The Kier molecular flexibility index (Phi) is 1.77. The zero-order chi connectivity index (χ0) is 11.1. The summed E-state index contributed by atoms with van der Waals surface area (Å²) in [6.45, 7) is 0. The van der Waals surface area contributed by atoms with Gasteiger partial charge in [0.25, 0.3) is 0 Å². The van der Waals surface area contributed by atoms with E-state index in [-0.39, 0.29) is 0 Å².